The van der Waals surface area contributed by atoms with Crippen LogP contribution in [0.3, 0.4) is 0 Å². The van der Waals surface area contributed by atoms with Crippen LogP contribution in [0.4, 0.5) is 0 Å². The van der Waals surface area contributed by atoms with E-state index in [4.69, 9.17) is 47.4 Å². The number of rotatable bonds is 11. The van der Waals surface area contributed by atoms with Crippen molar-refractivity contribution in [2.24, 2.45) is 34.5 Å². The number of cyclic esters (lactones) is 1. The van der Waals surface area contributed by atoms with Gasteiger partial charge >= 0.3 is 11.9 Å². The van der Waals surface area contributed by atoms with Gasteiger partial charge in [-0.25, -0.2) is 4.79 Å². The summed E-state index contributed by atoms with van der Waals surface area (Å²) in [5.74, 6) is -0.609. The van der Waals surface area contributed by atoms with Gasteiger partial charge in [-0.1, -0.05) is 13.8 Å². The number of aliphatic hydroxyl groups is 8. The van der Waals surface area contributed by atoms with Gasteiger partial charge in [-0.3, -0.25) is 4.79 Å². The van der Waals surface area contributed by atoms with Crippen LogP contribution in [0.5, 0.6) is 0 Å². The van der Waals surface area contributed by atoms with Crippen molar-refractivity contribution in [3.8, 4) is 0 Å². The third-order valence-electron chi connectivity index (χ3n) is 18.2. The molecule has 26 atom stereocenters. The third-order valence-corrected chi connectivity index (χ3v) is 18.2. The number of hydrogen-bond acceptors (Lipinski definition) is 20. The minimum absolute atomic E-state index is 0.000687. The van der Waals surface area contributed by atoms with Gasteiger partial charge in [0.1, 0.15) is 55.4 Å². The molecule has 0 amide bonds. The van der Waals surface area contributed by atoms with Gasteiger partial charge in [0.2, 0.25) is 0 Å². The zero-order valence-corrected chi connectivity index (χ0v) is 40.5. The number of fused-ring (bicyclic) bond motifs is 5. The molecule has 0 aromatic rings. The van der Waals surface area contributed by atoms with Crippen LogP contribution >= 0.6 is 0 Å². The first-order valence-electron chi connectivity index (χ1n) is 25.3. The second-order valence-electron chi connectivity index (χ2n) is 22.3. The molecule has 0 unspecified atom stereocenters. The molecular formula is C49H76O20. The maximum atomic E-state index is 12.6. The van der Waals surface area contributed by atoms with Crippen LogP contribution in [0.1, 0.15) is 112 Å². The van der Waals surface area contributed by atoms with Crippen LogP contribution in [0, 0.1) is 34.5 Å². The summed E-state index contributed by atoms with van der Waals surface area (Å²) < 4.78 is 60.1. The Morgan fingerprint density at radius 2 is 1.33 bits per heavy atom. The summed E-state index contributed by atoms with van der Waals surface area (Å²) in [5.41, 5.74) is -0.809. The largest absolute Gasteiger partial charge is 0.459 e. The lowest BCUT2D eigenvalue weighted by Crippen LogP contribution is -2.62. The van der Waals surface area contributed by atoms with E-state index in [0.29, 0.717) is 18.3 Å². The molecule has 9 rings (SSSR count). The zero-order valence-electron chi connectivity index (χ0n) is 40.5. The Hall–Kier alpha value is -1.96. The first-order chi connectivity index (χ1) is 32.6. The lowest BCUT2D eigenvalue weighted by Gasteiger charge is -2.63. The molecule has 5 heterocycles. The van der Waals surface area contributed by atoms with E-state index < -0.39 is 134 Å². The van der Waals surface area contributed by atoms with Crippen LogP contribution < -0.4 is 0 Å². The Morgan fingerprint density at radius 1 is 0.710 bits per heavy atom. The van der Waals surface area contributed by atoms with Crippen molar-refractivity contribution in [2.75, 3.05) is 13.2 Å². The highest BCUT2D eigenvalue weighted by atomic mass is 16.8. The van der Waals surface area contributed by atoms with E-state index in [1.165, 1.54) is 13.0 Å². The first kappa shape index (κ1) is 51.9. The van der Waals surface area contributed by atoms with Gasteiger partial charge in [-0.2, -0.15) is 0 Å². The number of hydrogen-bond donors (Lipinski definition) is 8. The van der Waals surface area contributed by atoms with Crippen LogP contribution in [-0.4, -0.2) is 188 Å². The molecule has 4 saturated heterocycles. The highest BCUT2D eigenvalue weighted by molar-refractivity contribution is 5.85. The zero-order chi connectivity index (χ0) is 49.5. The number of ether oxygens (including phenoxy) is 10. The molecule has 9 aliphatic rings. The lowest BCUT2D eigenvalue weighted by molar-refractivity contribution is -0.355. The van der Waals surface area contributed by atoms with E-state index in [-0.39, 0.29) is 55.2 Å². The molecule has 0 aromatic carbocycles. The van der Waals surface area contributed by atoms with Crippen molar-refractivity contribution in [3.05, 3.63) is 11.6 Å². The third kappa shape index (κ3) is 9.59. The van der Waals surface area contributed by atoms with Crippen LogP contribution in [0.25, 0.3) is 0 Å². The summed E-state index contributed by atoms with van der Waals surface area (Å²) in [6.07, 6.45) is -10.8. The Balaban J connectivity index is 0.749. The first-order valence-corrected chi connectivity index (χ1v) is 25.3. The smallest absolute Gasteiger partial charge is 0.331 e. The van der Waals surface area contributed by atoms with E-state index in [2.05, 4.69) is 13.8 Å². The molecule has 0 radical (unpaired) electrons. The maximum Gasteiger partial charge on any atom is 0.331 e. The molecule has 0 spiro atoms. The Labute approximate surface area is 402 Å². The molecule has 20 heteroatoms. The Morgan fingerprint density at radius 3 is 1.93 bits per heavy atom. The van der Waals surface area contributed by atoms with Crippen LogP contribution in [-0.2, 0) is 57.0 Å². The summed E-state index contributed by atoms with van der Waals surface area (Å²) >= 11 is 0. The summed E-state index contributed by atoms with van der Waals surface area (Å²) in [5, 5.41) is 87.5. The second kappa shape index (κ2) is 20.0. The molecule has 392 valence electrons. The van der Waals surface area contributed by atoms with Crippen molar-refractivity contribution in [3.63, 3.8) is 0 Å². The van der Waals surface area contributed by atoms with E-state index in [9.17, 15) is 50.4 Å². The monoisotopic (exact) mass is 984 g/mol. The fourth-order valence-electron chi connectivity index (χ4n) is 14.7. The Kier molecular flexibility index (Phi) is 15.1. The topological polar surface area (TPSA) is 288 Å². The van der Waals surface area contributed by atoms with E-state index in [1.807, 2.05) is 6.92 Å². The fourth-order valence-corrected chi connectivity index (χ4v) is 14.7. The van der Waals surface area contributed by atoms with Gasteiger partial charge in [0.05, 0.1) is 54.9 Å². The van der Waals surface area contributed by atoms with Crippen molar-refractivity contribution in [1.29, 1.82) is 0 Å². The molecule has 20 nitrogen and oxygen atoms in total. The van der Waals surface area contributed by atoms with Crippen molar-refractivity contribution in [2.45, 2.75) is 234 Å². The van der Waals surface area contributed by atoms with Gasteiger partial charge in [0.25, 0.3) is 0 Å². The molecule has 69 heavy (non-hydrogen) atoms. The van der Waals surface area contributed by atoms with Crippen LogP contribution in [0.15, 0.2) is 11.6 Å². The minimum atomic E-state index is -1.68. The van der Waals surface area contributed by atoms with Crippen molar-refractivity contribution in [1.82, 2.24) is 0 Å². The van der Waals surface area contributed by atoms with Gasteiger partial charge in [-0.05, 0) is 94.5 Å². The standard InChI is InChI=1S/C49H76O20/c1-21-43(67-37-16-31(53)44(22(2)62-37)68-38-17-33(64-24(4)51)45(23(3)63-38)69-46-42(58)41(57)40(56)34(19-50)66-46)30(52)15-36(61-21)65-27-9-11-47(5)26(14-27)7-8-29-28(47)10-12-48(6)39(25-13-35(55)60-20-25)32(54)18-49(29,48)59/h13,21-23,26-34,36-46,50,52-54,56-59H,7-12,14-20H2,1-6H3/t21-,22-,23-,26-,27-,28+,29+,30-,31-,32+,33-,34+,36-,37-,38+,39-,40+,41-,42+,43+,44+,45-,46-,47+,48-,49+/m1/s1. The van der Waals surface area contributed by atoms with Crippen molar-refractivity contribution < 1.29 is 97.8 Å². The number of aliphatic hydroxyl groups excluding tert-OH is 7. The molecule has 8 N–H and O–H groups in total. The second-order valence-corrected chi connectivity index (χ2v) is 22.3. The molecule has 5 aliphatic heterocycles. The highest BCUT2D eigenvalue weighted by Gasteiger charge is 2.70. The molecule has 0 bridgehead atoms. The quantitative estimate of drug-likeness (QED) is 0.104. The highest BCUT2D eigenvalue weighted by Crippen LogP contribution is 2.70. The lowest BCUT2D eigenvalue weighted by atomic mass is 9.43. The van der Waals surface area contributed by atoms with Gasteiger partial charge in [0, 0.05) is 50.0 Å². The van der Waals surface area contributed by atoms with Gasteiger partial charge < -0.3 is 88.2 Å². The summed E-state index contributed by atoms with van der Waals surface area (Å²) in [4.78, 5) is 24.2. The van der Waals surface area contributed by atoms with Crippen molar-refractivity contribution >= 4 is 11.9 Å². The summed E-state index contributed by atoms with van der Waals surface area (Å²) in [6, 6.07) is 0. The normalized spacial score (nSPS) is 53.3. The molecule has 4 saturated carbocycles. The number of carbonyl (C=O) groups is 2. The molecular weight excluding hydrogens is 909 g/mol. The number of carbonyl (C=O) groups excluding carboxylic acids is 2. The average molecular weight is 985 g/mol. The van der Waals surface area contributed by atoms with Crippen LogP contribution in [0.2, 0.25) is 0 Å². The minimum Gasteiger partial charge on any atom is -0.459 e. The molecule has 4 aliphatic carbocycles. The van der Waals surface area contributed by atoms with E-state index in [1.54, 1.807) is 13.8 Å². The Bertz CT molecular complexity index is 1850. The summed E-state index contributed by atoms with van der Waals surface area (Å²) in [7, 11) is 0. The average Bonchev–Trinajstić information content (AvgIpc) is 3.79. The molecule has 0 aromatic heterocycles. The maximum absolute atomic E-state index is 12.6. The van der Waals surface area contributed by atoms with Gasteiger partial charge in [0.15, 0.2) is 25.2 Å². The molecule has 8 fully saturated rings. The fraction of sp³-hybridized carbons (Fsp3) is 0.918. The van der Waals surface area contributed by atoms with E-state index >= 15 is 0 Å². The number of esters is 2. The predicted octanol–water partition coefficient (Wildman–Crippen LogP) is 0.613. The summed E-state index contributed by atoms with van der Waals surface area (Å²) in [6.45, 7) is 10.4. The predicted molar refractivity (Wildman–Crippen MR) is 235 cm³/mol. The van der Waals surface area contributed by atoms with Gasteiger partial charge in [-0.15, -0.1) is 0 Å². The SMILES string of the molecule is CC(=O)O[C@@H]1C[C@H](O[C@@H]2[C@H](O)C[C@@H](O[C@@H]3[C@H](O)C[C@@H](O[C@@H]4CC[C@@]5(C)[C@H](CC[C@H]6[C@@H]5CC[C@]5(C)[C@H](C7=CC(=O)OC7)[C@@H](O)C[C@]65O)C4)O[C@@H]3C)O[C@@H]2C)O[C@H](C)[C@H]1O[C@H]1O[C@@H](CO)[C@H](O)[C@@H](O)[C@@H]1O. The van der Waals surface area contributed by atoms with E-state index in [0.717, 1.165) is 50.5 Å².